The van der Waals surface area contributed by atoms with Crippen molar-refractivity contribution < 1.29 is 37.5 Å². The van der Waals surface area contributed by atoms with Crippen LogP contribution < -0.4 is 5.43 Å². The monoisotopic (exact) mass is 838 g/mol. The van der Waals surface area contributed by atoms with E-state index >= 15 is 4.79 Å². The Labute approximate surface area is 324 Å². The zero-order chi connectivity index (χ0) is 38.3. The number of nitrogens with zero attached hydrogens (tertiary/aromatic N) is 3. The summed E-state index contributed by atoms with van der Waals surface area (Å²) in [6.07, 6.45) is -2.24. The highest BCUT2D eigenvalue weighted by molar-refractivity contribution is 9.10. The van der Waals surface area contributed by atoms with Crippen molar-refractivity contribution in [3.8, 4) is 5.75 Å². The largest absolute Gasteiger partial charge is 0.508 e. The number of aromatic hydroxyl groups is 1. The summed E-state index contributed by atoms with van der Waals surface area (Å²) in [6, 6.07) is 20.8. The van der Waals surface area contributed by atoms with E-state index in [1.54, 1.807) is 36.4 Å². The van der Waals surface area contributed by atoms with Crippen molar-refractivity contribution in [2.24, 2.45) is 23.7 Å². The molecule has 3 fully saturated rings. The second-order valence-electron chi connectivity index (χ2n) is 13.9. The molecule has 276 valence electrons. The molecule has 54 heavy (non-hydrogen) atoms. The summed E-state index contributed by atoms with van der Waals surface area (Å²) in [4.78, 5) is 63.4. The van der Waals surface area contributed by atoms with Crippen LogP contribution in [0.1, 0.15) is 41.0 Å². The van der Waals surface area contributed by atoms with Crippen molar-refractivity contribution in [3.63, 3.8) is 0 Å². The van der Waals surface area contributed by atoms with Gasteiger partial charge in [-0.3, -0.25) is 29.5 Å². The van der Waals surface area contributed by atoms with Crippen LogP contribution in [0.15, 0.2) is 101 Å². The fourth-order valence-corrected chi connectivity index (χ4v) is 9.58. The standard InChI is InChI=1S/C39H28BrCl2F3N4O5/c40-22-8-13-30(50)27(15-22)32-24-11-12-25-31(36(53)48(34(25)51)18-19-4-2-1-3-5-19)26(24)16-28-35(52)49(37(54)38(28,32)20-6-9-23(41)10-7-20)47-33-29(42)14-21(17-46-33)39(43,44)45/h1-11,13-15,17,25-26,28,31-32,50H,12,16,18H2,(H,46,47). The predicted molar refractivity (Wildman–Crippen MR) is 195 cm³/mol. The number of likely N-dealkylation sites (tertiary alicyclic amines) is 1. The number of phenolic OH excluding ortho intramolecular Hbond substituents is 1. The molecule has 2 saturated heterocycles. The number of allylic oxidation sites excluding steroid dienone is 2. The quantitative estimate of drug-likeness (QED) is 0.149. The smallest absolute Gasteiger partial charge is 0.417 e. The van der Waals surface area contributed by atoms with E-state index in [-0.39, 0.29) is 42.4 Å². The third kappa shape index (κ3) is 5.62. The fraction of sp³-hybridized carbons (Fsp3) is 0.256. The zero-order valence-corrected chi connectivity index (χ0v) is 31.0. The van der Waals surface area contributed by atoms with Gasteiger partial charge in [-0.05, 0) is 66.3 Å². The lowest BCUT2D eigenvalue weighted by Crippen LogP contribution is -2.53. The summed E-state index contributed by atoms with van der Waals surface area (Å²) in [6.45, 7) is 0.0670. The minimum absolute atomic E-state index is 0.0456. The molecule has 4 aromatic rings. The molecule has 0 radical (unpaired) electrons. The van der Waals surface area contributed by atoms with Crippen molar-refractivity contribution in [2.75, 3.05) is 5.43 Å². The number of hydrogen-bond acceptors (Lipinski definition) is 7. The molecule has 3 heterocycles. The number of carbonyl (C=O) groups excluding carboxylic acids is 4. The number of amides is 4. The van der Waals surface area contributed by atoms with Crippen LogP contribution in [0.2, 0.25) is 10.0 Å². The number of carbonyl (C=O) groups is 4. The van der Waals surface area contributed by atoms with Crippen LogP contribution >= 0.6 is 39.1 Å². The van der Waals surface area contributed by atoms with E-state index in [1.165, 1.54) is 11.0 Å². The molecule has 2 N–H and O–H groups in total. The minimum atomic E-state index is -4.75. The molecule has 3 aromatic carbocycles. The Morgan fingerprint density at radius 3 is 2.33 bits per heavy atom. The second-order valence-corrected chi connectivity index (χ2v) is 15.6. The lowest BCUT2D eigenvalue weighted by molar-refractivity contribution is -0.142. The molecule has 1 aromatic heterocycles. The summed E-state index contributed by atoms with van der Waals surface area (Å²) in [5, 5.41) is 12.1. The minimum Gasteiger partial charge on any atom is -0.508 e. The molecule has 2 aliphatic carbocycles. The molecule has 1 saturated carbocycles. The number of rotatable bonds is 6. The topological polar surface area (TPSA) is 120 Å². The molecule has 9 nitrogen and oxygen atoms in total. The Kier molecular flexibility index (Phi) is 8.89. The number of pyridine rings is 1. The molecule has 6 unspecified atom stereocenters. The maximum absolute atomic E-state index is 15.3. The van der Waals surface area contributed by atoms with Crippen LogP contribution in [0, 0.1) is 23.7 Å². The first-order valence-electron chi connectivity index (χ1n) is 16.9. The molecule has 6 atom stereocenters. The molecule has 0 bridgehead atoms. The number of alkyl halides is 3. The lowest BCUT2D eigenvalue weighted by atomic mass is 9.49. The number of halogens is 6. The molecular formula is C39H28BrCl2F3N4O5. The van der Waals surface area contributed by atoms with Crippen LogP contribution in [-0.2, 0) is 37.3 Å². The van der Waals surface area contributed by atoms with Crippen LogP contribution in [-0.4, -0.2) is 43.6 Å². The average molecular weight is 840 g/mol. The van der Waals surface area contributed by atoms with Crippen molar-refractivity contribution in [1.29, 1.82) is 0 Å². The third-order valence-corrected chi connectivity index (χ3v) is 12.2. The van der Waals surface area contributed by atoms with Gasteiger partial charge in [0.15, 0.2) is 5.82 Å². The Morgan fingerprint density at radius 2 is 1.65 bits per heavy atom. The maximum Gasteiger partial charge on any atom is 0.417 e. The zero-order valence-electron chi connectivity index (χ0n) is 27.9. The first-order chi connectivity index (χ1) is 25.7. The first-order valence-corrected chi connectivity index (χ1v) is 18.5. The van der Waals surface area contributed by atoms with Crippen molar-refractivity contribution >= 4 is 68.6 Å². The number of hydrazine groups is 1. The summed E-state index contributed by atoms with van der Waals surface area (Å²) in [5.74, 6) is -7.39. The van der Waals surface area contributed by atoms with Gasteiger partial charge in [0.25, 0.3) is 11.8 Å². The van der Waals surface area contributed by atoms with E-state index in [0.717, 1.165) is 5.56 Å². The molecular weight excluding hydrogens is 812 g/mol. The van der Waals surface area contributed by atoms with E-state index in [9.17, 15) is 32.7 Å². The molecule has 2 aliphatic heterocycles. The van der Waals surface area contributed by atoms with Crippen molar-refractivity contribution in [3.05, 3.63) is 133 Å². The number of imide groups is 2. The number of phenols is 1. The normalized spacial score (nSPS) is 26.4. The van der Waals surface area contributed by atoms with Gasteiger partial charge in [0.05, 0.1) is 40.3 Å². The Hall–Kier alpha value is -4.72. The van der Waals surface area contributed by atoms with E-state index < -0.39 is 69.5 Å². The van der Waals surface area contributed by atoms with Gasteiger partial charge >= 0.3 is 6.18 Å². The summed E-state index contributed by atoms with van der Waals surface area (Å²) < 4.78 is 40.9. The molecule has 4 aliphatic rings. The van der Waals surface area contributed by atoms with Gasteiger partial charge < -0.3 is 5.11 Å². The molecule has 0 spiro atoms. The lowest BCUT2D eigenvalue weighted by Gasteiger charge is -2.50. The third-order valence-electron chi connectivity index (χ3n) is 11.1. The molecule has 4 amide bonds. The molecule has 15 heteroatoms. The van der Waals surface area contributed by atoms with E-state index in [0.29, 0.717) is 37.9 Å². The molecule has 8 rings (SSSR count). The summed E-state index contributed by atoms with van der Waals surface area (Å²) in [5.41, 5.74) is 1.72. The van der Waals surface area contributed by atoms with Crippen LogP contribution in [0.25, 0.3) is 0 Å². The Balaban J connectivity index is 1.30. The van der Waals surface area contributed by atoms with Gasteiger partial charge in [0.2, 0.25) is 11.8 Å². The van der Waals surface area contributed by atoms with Gasteiger partial charge in [-0.1, -0.05) is 93.2 Å². The van der Waals surface area contributed by atoms with Gasteiger partial charge in [-0.25, -0.2) is 4.98 Å². The van der Waals surface area contributed by atoms with Gasteiger partial charge in [0.1, 0.15) is 5.75 Å². The number of fused-ring (bicyclic) bond motifs is 4. The van der Waals surface area contributed by atoms with Gasteiger partial charge in [-0.2, -0.15) is 18.2 Å². The second kappa shape index (κ2) is 13.2. The number of anilines is 1. The van der Waals surface area contributed by atoms with Gasteiger partial charge in [0, 0.05) is 27.2 Å². The van der Waals surface area contributed by atoms with Crippen LogP contribution in [0.3, 0.4) is 0 Å². The van der Waals surface area contributed by atoms with Crippen LogP contribution in [0.5, 0.6) is 5.75 Å². The number of nitrogens with one attached hydrogen (secondary N) is 1. The average Bonchev–Trinajstić information content (AvgIpc) is 3.51. The fourth-order valence-electron chi connectivity index (χ4n) is 8.87. The van der Waals surface area contributed by atoms with Crippen molar-refractivity contribution in [2.45, 2.75) is 36.9 Å². The number of benzene rings is 3. The Bertz CT molecular complexity index is 2270. The number of hydrogen-bond donors (Lipinski definition) is 2. The number of aromatic nitrogens is 1. The highest BCUT2D eigenvalue weighted by Gasteiger charge is 2.70. The summed E-state index contributed by atoms with van der Waals surface area (Å²) >= 11 is 16.1. The van der Waals surface area contributed by atoms with E-state index in [4.69, 9.17) is 23.2 Å². The maximum atomic E-state index is 15.3. The SMILES string of the molecule is O=C1C2CC=C3C(CC4C(=O)N(Nc5ncc(C(F)(F)F)cc5Cl)C(=O)C4(c4ccc(Cl)cc4)C3c3cc(Br)ccc3O)C2C(=O)N1Cc1ccccc1. The van der Waals surface area contributed by atoms with Crippen molar-refractivity contribution in [1.82, 2.24) is 14.9 Å². The summed E-state index contributed by atoms with van der Waals surface area (Å²) in [7, 11) is 0. The highest BCUT2D eigenvalue weighted by atomic mass is 79.9. The highest BCUT2D eigenvalue weighted by Crippen LogP contribution is 2.65. The van der Waals surface area contributed by atoms with Crippen LogP contribution in [0.4, 0.5) is 19.0 Å². The van der Waals surface area contributed by atoms with E-state index in [2.05, 4.69) is 26.3 Å². The predicted octanol–water partition coefficient (Wildman–Crippen LogP) is 8.06. The van der Waals surface area contributed by atoms with Gasteiger partial charge in [-0.15, -0.1) is 0 Å². The Morgan fingerprint density at radius 1 is 0.926 bits per heavy atom. The first kappa shape index (κ1) is 36.3. The van der Waals surface area contributed by atoms with E-state index in [1.807, 2.05) is 36.4 Å².